The smallest absolute Gasteiger partial charge is 0.353 e. The zero-order valence-electron chi connectivity index (χ0n) is 13.8. The van der Waals surface area contributed by atoms with Crippen LogP contribution in [0.25, 0.3) is 16.6 Å². The summed E-state index contributed by atoms with van der Waals surface area (Å²) in [6, 6.07) is 17.5. The molecule has 0 fully saturated rings. The lowest BCUT2D eigenvalue weighted by Crippen LogP contribution is -2.21. The van der Waals surface area contributed by atoms with Crippen molar-refractivity contribution in [3.05, 3.63) is 78.0 Å². The first-order valence-corrected chi connectivity index (χ1v) is 7.86. The number of fused-ring (bicyclic) bond motifs is 1. The van der Waals surface area contributed by atoms with Crippen LogP contribution in [0.2, 0.25) is 0 Å². The van der Waals surface area contributed by atoms with Crippen molar-refractivity contribution in [2.45, 2.75) is 13.1 Å². The Morgan fingerprint density at radius 2 is 1.73 bits per heavy atom. The maximum Gasteiger partial charge on any atom is 0.454 e. The second-order valence-electron chi connectivity index (χ2n) is 5.74. The normalized spacial score (nSPS) is 12.2. The Hall–Kier alpha value is -3.15. The highest BCUT2D eigenvalue weighted by atomic mass is 19.4. The molecule has 0 saturated carbocycles. The number of aryl methyl sites for hydroxylation is 1. The van der Waals surface area contributed by atoms with E-state index in [1.165, 1.54) is 0 Å². The molecule has 0 spiro atoms. The van der Waals surface area contributed by atoms with E-state index in [1.54, 1.807) is 42.5 Å². The molecule has 0 aliphatic carbocycles. The fraction of sp³-hybridized carbons (Fsp3) is 0.100. The number of allylic oxidation sites excluding steroid dienone is 1. The molecule has 0 bridgehead atoms. The van der Waals surface area contributed by atoms with Gasteiger partial charge in [0, 0.05) is 22.9 Å². The van der Waals surface area contributed by atoms with Gasteiger partial charge in [-0.1, -0.05) is 48.5 Å². The van der Waals surface area contributed by atoms with Crippen LogP contribution < -0.4 is 5.32 Å². The minimum absolute atomic E-state index is 0.0590. The number of anilines is 1. The fourth-order valence-corrected chi connectivity index (χ4v) is 2.51. The van der Waals surface area contributed by atoms with Crippen LogP contribution in [0.3, 0.4) is 0 Å². The minimum Gasteiger partial charge on any atom is -0.353 e. The predicted octanol–water partition coefficient (Wildman–Crippen LogP) is 5.13. The first kappa shape index (κ1) is 17.7. The van der Waals surface area contributed by atoms with Gasteiger partial charge < -0.3 is 5.32 Å². The van der Waals surface area contributed by atoms with Crippen LogP contribution in [0.1, 0.15) is 11.3 Å². The summed E-state index contributed by atoms with van der Waals surface area (Å²) in [6.45, 7) is 1.83. The van der Waals surface area contributed by atoms with Gasteiger partial charge in [-0.25, -0.2) is 0 Å². The predicted molar refractivity (Wildman–Crippen MR) is 95.6 cm³/mol. The van der Waals surface area contributed by atoms with Gasteiger partial charge in [-0.3, -0.25) is 9.78 Å². The number of aromatic nitrogens is 1. The van der Waals surface area contributed by atoms with Gasteiger partial charge in [0.15, 0.2) is 0 Å². The van der Waals surface area contributed by atoms with Crippen molar-refractivity contribution < 1.29 is 18.0 Å². The number of rotatable bonds is 4. The highest BCUT2D eigenvalue weighted by Crippen LogP contribution is 2.27. The summed E-state index contributed by atoms with van der Waals surface area (Å²) in [5.41, 5.74) is 2.45. The zero-order valence-corrected chi connectivity index (χ0v) is 13.8. The number of carbonyl (C=O) groups excluding carboxylic acids is 1. The Balaban J connectivity index is 2.09. The molecular weight excluding hydrogens is 341 g/mol. The van der Waals surface area contributed by atoms with Crippen LogP contribution in [-0.4, -0.2) is 16.9 Å². The molecule has 0 saturated heterocycles. The van der Waals surface area contributed by atoms with Gasteiger partial charge in [-0.2, -0.15) is 13.2 Å². The van der Waals surface area contributed by atoms with Crippen molar-refractivity contribution in [2.24, 2.45) is 0 Å². The van der Waals surface area contributed by atoms with Crippen molar-refractivity contribution >= 4 is 28.1 Å². The number of benzene rings is 2. The molecule has 0 amide bonds. The average Bonchev–Trinajstić information content (AvgIpc) is 2.61. The lowest BCUT2D eigenvalue weighted by Gasteiger charge is -2.14. The molecule has 1 N–H and O–H groups in total. The third kappa shape index (κ3) is 3.91. The summed E-state index contributed by atoms with van der Waals surface area (Å²) in [5.74, 6) is -1.92. The number of nitrogens with one attached hydrogen (secondary N) is 1. The Morgan fingerprint density at radius 3 is 2.42 bits per heavy atom. The highest BCUT2D eigenvalue weighted by molar-refractivity contribution is 6.03. The van der Waals surface area contributed by atoms with E-state index in [2.05, 4.69) is 10.3 Å². The van der Waals surface area contributed by atoms with E-state index in [4.69, 9.17) is 0 Å². The van der Waals surface area contributed by atoms with E-state index in [0.717, 1.165) is 11.1 Å². The van der Waals surface area contributed by atoms with Crippen LogP contribution >= 0.6 is 0 Å². The van der Waals surface area contributed by atoms with Gasteiger partial charge in [-0.15, -0.1) is 0 Å². The molecule has 3 rings (SSSR count). The minimum atomic E-state index is -4.94. The molecule has 0 atom stereocenters. The van der Waals surface area contributed by atoms with Crippen molar-refractivity contribution in [3.8, 4) is 0 Å². The lowest BCUT2D eigenvalue weighted by molar-refractivity contribution is -0.165. The molecule has 1 aromatic heterocycles. The third-order valence-electron chi connectivity index (χ3n) is 3.77. The topological polar surface area (TPSA) is 42.0 Å². The summed E-state index contributed by atoms with van der Waals surface area (Å²) in [5, 5.41) is 3.79. The Morgan fingerprint density at radius 1 is 1.00 bits per heavy atom. The molecule has 0 unspecified atom stereocenters. The van der Waals surface area contributed by atoms with E-state index in [-0.39, 0.29) is 5.70 Å². The van der Waals surface area contributed by atoms with Crippen LogP contribution in [0, 0.1) is 6.92 Å². The third-order valence-corrected chi connectivity index (χ3v) is 3.77. The van der Waals surface area contributed by atoms with E-state index < -0.39 is 12.0 Å². The van der Waals surface area contributed by atoms with Gasteiger partial charge in [0.25, 0.3) is 5.78 Å². The number of ketones is 1. The second-order valence-corrected chi connectivity index (χ2v) is 5.74. The van der Waals surface area contributed by atoms with Crippen LogP contribution in [0.5, 0.6) is 0 Å². The maximum atomic E-state index is 12.7. The number of alkyl halides is 3. The summed E-state index contributed by atoms with van der Waals surface area (Å²) < 4.78 is 38.2. The molecule has 0 radical (unpaired) electrons. The van der Waals surface area contributed by atoms with E-state index in [0.29, 0.717) is 22.8 Å². The highest BCUT2D eigenvalue weighted by Gasteiger charge is 2.37. The van der Waals surface area contributed by atoms with Crippen molar-refractivity contribution in [1.82, 2.24) is 4.98 Å². The van der Waals surface area contributed by atoms with Gasteiger partial charge in [0.2, 0.25) is 0 Å². The maximum absolute atomic E-state index is 12.7. The zero-order chi connectivity index (χ0) is 18.7. The Kier molecular flexibility index (Phi) is 4.75. The molecule has 2 aromatic carbocycles. The van der Waals surface area contributed by atoms with E-state index in [9.17, 15) is 18.0 Å². The van der Waals surface area contributed by atoms with Crippen molar-refractivity contribution in [3.63, 3.8) is 0 Å². The monoisotopic (exact) mass is 356 g/mol. The number of halogens is 3. The second kappa shape index (κ2) is 7.00. The number of para-hydroxylation sites is 1. The first-order valence-electron chi connectivity index (χ1n) is 7.86. The molecular formula is C20H15F3N2O. The van der Waals surface area contributed by atoms with E-state index >= 15 is 0 Å². The van der Waals surface area contributed by atoms with Crippen molar-refractivity contribution in [1.29, 1.82) is 0 Å². The quantitative estimate of drug-likeness (QED) is 0.659. The summed E-state index contributed by atoms with van der Waals surface area (Å²) >= 11 is 0. The summed E-state index contributed by atoms with van der Waals surface area (Å²) in [4.78, 5) is 16.0. The summed E-state index contributed by atoms with van der Waals surface area (Å²) in [6.07, 6.45) is -4.36. The summed E-state index contributed by atoms with van der Waals surface area (Å²) in [7, 11) is 0. The molecule has 132 valence electrons. The molecule has 0 aliphatic heterocycles. The largest absolute Gasteiger partial charge is 0.454 e. The fourth-order valence-electron chi connectivity index (χ4n) is 2.51. The van der Waals surface area contributed by atoms with Crippen LogP contribution in [0.4, 0.5) is 18.9 Å². The first-order chi connectivity index (χ1) is 12.3. The Bertz CT molecular complexity index is 979. The SMILES string of the molecule is Cc1ccc2cccc(N/C(=C/C(=O)C(F)(F)F)c3ccccc3)c2n1. The lowest BCUT2D eigenvalue weighted by atomic mass is 10.1. The standard InChI is InChI=1S/C20H15F3N2O/c1-13-10-11-15-8-5-9-16(19(15)24-13)25-17(12-18(26)20(21,22)23)14-6-3-2-4-7-14/h2-12,25H,1H3/b17-12+. The number of nitrogens with zero attached hydrogens (tertiary/aromatic N) is 1. The van der Waals surface area contributed by atoms with Gasteiger partial charge >= 0.3 is 6.18 Å². The van der Waals surface area contributed by atoms with Crippen LogP contribution in [0.15, 0.2) is 66.7 Å². The molecule has 3 aromatic rings. The molecule has 1 heterocycles. The molecule has 0 aliphatic rings. The number of pyridine rings is 1. The van der Waals surface area contributed by atoms with Gasteiger partial charge in [0.05, 0.1) is 11.2 Å². The van der Waals surface area contributed by atoms with E-state index in [1.807, 2.05) is 25.1 Å². The van der Waals surface area contributed by atoms with Gasteiger partial charge in [0.1, 0.15) is 0 Å². The van der Waals surface area contributed by atoms with Gasteiger partial charge in [-0.05, 0) is 24.6 Å². The van der Waals surface area contributed by atoms with Crippen molar-refractivity contribution in [2.75, 3.05) is 5.32 Å². The number of carbonyl (C=O) groups is 1. The average molecular weight is 356 g/mol. The molecule has 6 heteroatoms. The number of hydrogen-bond acceptors (Lipinski definition) is 3. The molecule has 3 nitrogen and oxygen atoms in total. The van der Waals surface area contributed by atoms with Crippen LogP contribution in [-0.2, 0) is 4.79 Å². The Labute approximate surface area is 148 Å². The number of hydrogen-bond donors (Lipinski definition) is 1. The molecule has 26 heavy (non-hydrogen) atoms.